The summed E-state index contributed by atoms with van der Waals surface area (Å²) in [5, 5.41) is 9.45. The normalized spacial score (nSPS) is 18.8. The van der Waals surface area contributed by atoms with E-state index in [1.165, 1.54) is 12.0 Å². The SMILES string of the molecule is COC(=O)N1CCC[C@H](C(=O)[C@H](C#N)c2nc3ccccc3o2)C1. The number of Topliss-reactive ketones (excluding diaryl/α,β-unsaturated/α-hetero) is 1. The standard InChI is InChI=1S/C17H17N3O4/c1-23-17(22)20-8-4-5-11(10-20)15(21)12(9-18)16-19-13-6-2-3-7-14(13)24-16/h2-3,6-7,11-12H,4-5,8,10H2,1H3/t11-,12-/m0/s1. The van der Waals surface area contributed by atoms with Gasteiger partial charge in [0.1, 0.15) is 5.52 Å². The highest BCUT2D eigenvalue weighted by Crippen LogP contribution is 2.28. The number of ketones is 1. The molecule has 0 saturated carbocycles. The number of benzene rings is 1. The second-order valence-corrected chi connectivity index (χ2v) is 5.74. The molecule has 2 aromatic rings. The Morgan fingerprint density at radius 1 is 1.46 bits per heavy atom. The number of oxazole rings is 1. The summed E-state index contributed by atoms with van der Waals surface area (Å²) in [6.45, 7) is 0.806. The van der Waals surface area contributed by atoms with Gasteiger partial charge in [0.25, 0.3) is 0 Å². The Morgan fingerprint density at radius 3 is 2.96 bits per heavy atom. The highest BCUT2D eigenvalue weighted by atomic mass is 16.5. The lowest BCUT2D eigenvalue weighted by Crippen LogP contribution is -2.43. The summed E-state index contributed by atoms with van der Waals surface area (Å²) < 4.78 is 10.3. The quantitative estimate of drug-likeness (QED) is 0.859. The molecule has 24 heavy (non-hydrogen) atoms. The number of para-hydroxylation sites is 2. The van der Waals surface area contributed by atoms with E-state index in [0.29, 0.717) is 30.5 Å². The van der Waals surface area contributed by atoms with E-state index in [1.807, 2.05) is 12.1 Å². The number of likely N-dealkylation sites (tertiary alicyclic amines) is 1. The van der Waals surface area contributed by atoms with Crippen molar-refractivity contribution in [1.82, 2.24) is 9.88 Å². The molecule has 3 rings (SSSR count). The molecule has 124 valence electrons. The van der Waals surface area contributed by atoms with Crippen LogP contribution in [-0.4, -0.2) is 42.0 Å². The Bertz CT molecular complexity index is 775. The summed E-state index contributed by atoms with van der Waals surface area (Å²) in [5.41, 5.74) is 1.15. The molecule has 0 aliphatic carbocycles. The zero-order chi connectivity index (χ0) is 17.1. The molecule has 1 aromatic heterocycles. The molecule has 1 fully saturated rings. The van der Waals surface area contributed by atoms with Crippen LogP contribution < -0.4 is 0 Å². The Hall–Kier alpha value is -2.88. The van der Waals surface area contributed by atoms with Crippen LogP contribution in [0, 0.1) is 17.2 Å². The highest BCUT2D eigenvalue weighted by Gasteiger charge is 2.35. The minimum atomic E-state index is -1.07. The number of methoxy groups -OCH3 is 1. The van der Waals surface area contributed by atoms with E-state index in [9.17, 15) is 14.9 Å². The van der Waals surface area contributed by atoms with Gasteiger partial charge in [0.05, 0.1) is 13.2 Å². The summed E-state index contributed by atoms with van der Waals surface area (Å²) >= 11 is 0. The number of fused-ring (bicyclic) bond motifs is 1. The van der Waals surface area contributed by atoms with E-state index in [0.717, 1.165) is 0 Å². The van der Waals surface area contributed by atoms with Crippen molar-refractivity contribution >= 4 is 23.0 Å². The maximum atomic E-state index is 12.8. The summed E-state index contributed by atoms with van der Waals surface area (Å²) in [7, 11) is 1.31. The van der Waals surface area contributed by atoms with E-state index >= 15 is 0 Å². The predicted octanol–water partition coefficient (Wildman–Crippen LogP) is 2.48. The van der Waals surface area contributed by atoms with Crippen LogP contribution in [-0.2, 0) is 9.53 Å². The first kappa shape index (κ1) is 16.0. The van der Waals surface area contributed by atoms with Crippen molar-refractivity contribution in [3.63, 3.8) is 0 Å². The van der Waals surface area contributed by atoms with Crippen molar-refractivity contribution in [1.29, 1.82) is 5.26 Å². The number of carbonyl (C=O) groups excluding carboxylic acids is 2. The summed E-state index contributed by atoms with van der Waals surface area (Å²) in [6.07, 6.45) is 0.866. The fourth-order valence-corrected chi connectivity index (χ4v) is 2.99. The topological polar surface area (TPSA) is 96.4 Å². The third kappa shape index (κ3) is 2.95. The number of rotatable bonds is 3. The van der Waals surface area contributed by atoms with Crippen molar-refractivity contribution in [2.45, 2.75) is 18.8 Å². The molecule has 1 aliphatic heterocycles. The van der Waals surface area contributed by atoms with Crippen LogP contribution in [0.25, 0.3) is 11.1 Å². The molecule has 0 unspecified atom stereocenters. The second-order valence-electron chi connectivity index (χ2n) is 5.74. The zero-order valence-corrected chi connectivity index (χ0v) is 13.3. The molecule has 0 bridgehead atoms. The first-order valence-electron chi connectivity index (χ1n) is 7.75. The van der Waals surface area contributed by atoms with Gasteiger partial charge in [-0.25, -0.2) is 9.78 Å². The minimum Gasteiger partial charge on any atom is -0.453 e. The Balaban J connectivity index is 1.81. The van der Waals surface area contributed by atoms with Crippen molar-refractivity contribution in [3.8, 4) is 6.07 Å². The lowest BCUT2D eigenvalue weighted by Gasteiger charge is -2.31. The maximum absolute atomic E-state index is 12.8. The van der Waals surface area contributed by atoms with E-state index in [1.54, 1.807) is 18.2 Å². The molecule has 0 radical (unpaired) electrons. The first-order chi connectivity index (χ1) is 11.6. The number of amides is 1. The Labute approximate surface area is 138 Å². The second kappa shape index (κ2) is 6.71. The molecule has 1 saturated heterocycles. The Morgan fingerprint density at radius 2 is 2.25 bits per heavy atom. The van der Waals surface area contributed by atoms with Crippen LogP contribution in [0.4, 0.5) is 4.79 Å². The van der Waals surface area contributed by atoms with Crippen LogP contribution in [0.5, 0.6) is 0 Å². The number of nitriles is 1. The third-order valence-electron chi connectivity index (χ3n) is 4.23. The van der Waals surface area contributed by atoms with Gasteiger partial charge in [-0.15, -0.1) is 0 Å². The summed E-state index contributed by atoms with van der Waals surface area (Å²) in [6, 6.07) is 9.11. The molecule has 7 nitrogen and oxygen atoms in total. The van der Waals surface area contributed by atoms with Crippen LogP contribution in [0.15, 0.2) is 28.7 Å². The van der Waals surface area contributed by atoms with Gasteiger partial charge in [-0.3, -0.25) is 4.79 Å². The molecular formula is C17H17N3O4. The third-order valence-corrected chi connectivity index (χ3v) is 4.23. The van der Waals surface area contributed by atoms with Gasteiger partial charge >= 0.3 is 6.09 Å². The monoisotopic (exact) mass is 327 g/mol. The molecule has 0 N–H and O–H groups in total. The Kier molecular flexibility index (Phi) is 4.47. The number of piperidine rings is 1. The maximum Gasteiger partial charge on any atom is 0.409 e. The first-order valence-corrected chi connectivity index (χ1v) is 7.75. The predicted molar refractivity (Wildman–Crippen MR) is 84.1 cm³/mol. The fourth-order valence-electron chi connectivity index (χ4n) is 2.99. The van der Waals surface area contributed by atoms with Gasteiger partial charge in [0.15, 0.2) is 17.3 Å². The van der Waals surface area contributed by atoms with Crippen LogP contribution >= 0.6 is 0 Å². The van der Waals surface area contributed by atoms with E-state index in [4.69, 9.17) is 9.15 Å². The van der Waals surface area contributed by atoms with Gasteiger partial charge in [-0.1, -0.05) is 12.1 Å². The molecule has 1 aliphatic rings. The largest absolute Gasteiger partial charge is 0.453 e. The zero-order valence-electron chi connectivity index (χ0n) is 13.3. The summed E-state index contributed by atoms with van der Waals surface area (Å²) in [5.74, 6) is -1.64. The number of ether oxygens (including phenoxy) is 1. The van der Waals surface area contributed by atoms with Crippen molar-refractivity contribution in [2.75, 3.05) is 20.2 Å². The highest BCUT2D eigenvalue weighted by molar-refractivity contribution is 5.90. The lowest BCUT2D eigenvalue weighted by molar-refractivity contribution is -0.124. The smallest absolute Gasteiger partial charge is 0.409 e. The fraction of sp³-hybridized carbons (Fsp3) is 0.412. The van der Waals surface area contributed by atoms with Gasteiger partial charge < -0.3 is 14.1 Å². The van der Waals surface area contributed by atoms with Gasteiger partial charge in [-0.2, -0.15) is 5.26 Å². The lowest BCUT2D eigenvalue weighted by atomic mass is 9.87. The van der Waals surface area contributed by atoms with Gasteiger partial charge in [-0.05, 0) is 25.0 Å². The van der Waals surface area contributed by atoms with Gasteiger partial charge in [0.2, 0.25) is 5.89 Å². The number of aromatic nitrogens is 1. The van der Waals surface area contributed by atoms with Gasteiger partial charge in [0, 0.05) is 19.0 Å². The van der Waals surface area contributed by atoms with Crippen LogP contribution in [0.3, 0.4) is 0 Å². The number of hydrogen-bond acceptors (Lipinski definition) is 6. The van der Waals surface area contributed by atoms with E-state index < -0.39 is 17.9 Å². The van der Waals surface area contributed by atoms with Crippen molar-refractivity contribution in [3.05, 3.63) is 30.2 Å². The molecule has 1 amide bonds. The number of hydrogen-bond donors (Lipinski definition) is 0. The average Bonchev–Trinajstić information content (AvgIpc) is 3.05. The molecule has 7 heteroatoms. The summed E-state index contributed by atoms with van der Waals surface area (Å²) in [4.78, 5) is 30.2. The molecule has 2 atom stereocenters. The van der Waals surface area contributed by atoms with Crippen molar-refractivity contribution in [2.24, 2.45) is 5.92 Å². The van der Waals surface area contributed by atoms with Crippen LogP contribution in [0.1, 0.15) is 24.7 Å². The number of carbonyl (C=O) groups is 2. The molecular weight excluding hydrogens is 310 g/mol. The van der Waals surface area contributed by atoms with E-state index in [2.05, 4.69) is 4.98 Å². The molecule has 1 aromatic carbocycles. The average molecular weight is 327 g/mol. The van der Waals surface area contributed by atoms with Crippen LogP contribution in [0.2, 0.25) is 0 Å². The molecule has 2 heterocycles. The number of nitrogens with zero attached hydrogens (tertiary/aromatic N) is 3. The minimum absolute atomic E-state index is 0.110. The van der Waals surface area contributed by atoms with E-state index in [-0.39, 0.29) is 18.2 Å². The molecule has 0 spiro atoms. The van der Waals surface area contributed by atoms with Crippen molar-refractivity contribution < 1.29 is 18.7 Å².